The van der Waals surface area contributed by atoms with Crippen molar-refractivity contribution in [3.63, 3.8) is 0 Å². The van der Waals surface area contributed by atoms with Gasteiger partial charge in [-0.2, -0.15) is 0 Å². The zero-order valence-corrected chi connectivity index (χ0v) is 13.1. The summed E-state index contributed by atoms with van der Waals surface area (Å²) in [5.41, 5.74) is -2.56. The standard InChI is InChI=1S/C17H23NO5/c1-2-3-4-5-6-7-8-9-10-11-14(20)17(23)15(21)13(12-19)18-16(17)22/h2-3,6-11,13,15,19,21,23H,4-5,12H2,1H3,(H,18,22)/t13-,15-,17+/m0/s1. The second-order valence-corrected chi connectivity index (χ2v) is 5.16. The number of aliphatic hydroxyl groups is 3. The zero-order chi connectivity index (χ0) is 17.3. The normalized spacial score (nSPS) is 28.6. The average Bonchev–Trinajstić information content (AvgIpc) is 2.77. The smallest absolute Gasteiger partial charge is 0.263 e. The van der Waals surface area contributed by atoms with E-state index in [2.05, 4.69) is 11.4 Å². The van der Waals surface area contributed by atoms with Crippen LogP contribution in [-0.2, 0) is 9.59 Å². The van der Waals surface area contributed by atoms with Gasteiger partial charge in [-0.1, -0.05) is 42.5 Å². The largest absolute Gasteiger partial charge is 0.394 e. The number of ketones is 1. The first-order valence-electron chi connectivity index (χ1n) is 7.46. The monoisotopic (exact) mass is 321 g/mol. The molecule has 4 N–H and O–H groups in total. The topological polar surface area (TPSA) is 107 Å². The summed E-state index contributed by atoms with van der Waals surface area (Å²) < 4.78 is 0. The molecule has 0 aliphatic carbocycles. The maximum absolute atomic E-state index is 12.0. The number of amides is 1. The number of hydrogen-bond donors (Lipinski definition) is 4. The molecule has 1 amide bonds. The molecule has 6 nitrogen and oxygen atoms in total. The highest BCUT2D eigenvalue weighted by Gasteiger charge is 2.57. The fourth-order valence-corrected chi connectivity index (χ4v) is 2.12. The summed E-state index contributed by atoms with van der Waals surface area (Å²) in [6.07, 6.45) is 13.7. The summed E-state index contributed by atoms with van der Waals surface area (Å²) in [5, 5.41) is 31.1. The number of nitrogens with one attached hydrogen (secondary N) is 1. The minimum Gasteiger partial charge on any atom is -0.394 e. The van der Waals surface area contributed by atoms with Gasteiger partial charge in [-0.3, -0.25) is 9.59 Å². The molecular weight excluding hydrogens is 298 g/mol. The lowest BCUT2D eigenvalue weighted by Crippen LogP contribution is -2.52. The van der Waals surface area contributed by atoms with Crippen molar-refractivity contribution < 1.29 is 24.9 Å². The van der Waals surface area contributed by atoms with Gasteiger partial charge in [0, 0.05) is 0 Å². The molecule has 0 bridgehead atoms. The van der Waals surface area contributed by atoms with Crippen molar-refractivity contribution in [1.29, 1.82) is 0 Å². The van der Waals surface area contributed by atoms with E-state index in [9.17, 15) is 19.8 Å². The third kappa shape index (κ3) is 4.72. The zero-order valence-electron chi connectivity index (χ0n) is 13.1. The van der Waals surface area contributed by atoms with Crippen molar-refractivity contribution in [2.75, 3.05) is 6.61 Å². The lowest BCUT2D eigenvalue weighted by Gasteiger charge is -2.21. The Balaban J connectivity index is 2.56. The fourth-order valence-electron chi connectivity index (χ4n) is 2.12. The molecule has 0 radical (unpaired) electrons. The molecule has 1 aliphatic rings. The van der Waals surface area contributed by atoms with Crippen molar-refractivity contribution in [3.05, 3.63) is 48.6 Å². The Bertz CT molecular complexity index is 535. The molecule has 0 aromatic rings. The Labute approximate surface area is 135 Å². The van der Waals surface area contributed by atoms with E-state index in [1.54, 1.807) is 12.2 Å². The van der Waals surface area contributed by atoms with Crippen LogP contribution in [0.15, 0.2) is 48.6 Å². The molecule has 0 unspecified atom stereocenters. The first kappa shape index (κ1) is 19.0. The third-order valence-electron chi connectivity index (χ3n) is 3.50. The van der Waals surface area contributed by atoms with E-state index in [1.165, 1.54) is 6.08 Å². The second kappa shape index (κ2) is 9.19. The van der Waals surface area contributed by atoms with E-state index in [1.807, 2.05) is 25.2 Å². The van der Waals surface area contributed by atoms with Crippen molar-refractivity contribution in [2.24, 2.45) is 0 Å². The maximum atomic E-state index is 12.0. The molecular formula is C17H23NO5. The van der Waals surface area contributed by atoms with Gasteiger partial charge in [0.25, 0.3) is 5.91 Å². The minimum atomic E-state index is -2.56. The number of carbonyl (C=O) groups is 2. The van der Waals surface area contributed by atoms with Crippen molar-refractivity contribution in [1.82, 2.24) is 5.32 Å². The lowest BCUT2D eigenvalue weighted by molar-refractivity contribution is -0.154. The SMILES string of the molecule is CC=CCCC=CC=CC=CC(=O)[C@]1(O)C(=O)N[C@@H](CO)[C@@H]1O. The van der Waals surface area contributed by atoms with E-state index < -0.39 is 36.0 Å². The van der Waals surface area contributed by atoms with Crippen LogP contribution >= 0.6 is 0 Å². The highest BCUT2D eigenvalue weighted by Crippen LogP contribution is 2.23. The molecule has 1 heterocycles. The Hall–Kier alpha value is -2.02. The van der Waals surface area contributed by atoms with Gasteiger partial charge in [0.2, 0.25) is 5.60 Å². The second-order valence-electron chi connectivity index (χ2n) is 5.16. The Morgan fingerprint density at radius 3 is 2.48 bits per heavy atom. The van der Waals surface area contributed by atoms with Gasteiger partial charge in [-0.05, 0) is 25.8 Å². The summed E-state index contributed by atoms with van der Waals surface area (Å²) in [6, 6.07) is -1.06. The number of hydrogen-bond acceptors (Lipinski definition) is 5. The number of carbonyl (C=O) groups excluding carboxylic acids is 2. The average molecular weight is 321 g/mol. The molecule has 0 aromatic carbocycles. The minimum absolute atomic E-state index is 0.565. The van der Waals surface area contributed by atoms with Crippen LogP contribution in [0.25, 0.3) is 0 Å². The quantitative estimate of drug-likeness (QED) is 0.168. The fraction of sp³-hybridized carbons (Fsp3) is 0.412. The number of allylic oxidation sites excluding steroid dienone is 7. The van der Waals surface area contributed by atoms with Gasteiger partial charge < -0.3 is 20.6 Å². The summed E-state index contributed by atoms with van der Waals surface area (Å²) in [4.78, 5) is 23.6. The van der Waals surface area contributed by atoms with Crippen molar-refractivity contribution in [3.8, 4) is 0 Å². The van der Waals surface area contributed by atoms with Gasteiger partial charge >= 0.3 is 0 Å². The lowest BCUT2D eigenvalue weighted by atomic mass is 9.91. The maximum Gasteiger partial charge on any atom is 0.263 e. The molecule has 0 saturated carbocycles. The van der Waals surface area contributed by atoms with Gasteiger partial charge in [0.15, 0.2) is 5.78 Å². The highest BCUT2D eigenvalue weighted by atomic mass is 16.4. The predicted octanol–water partition coefficient (Wildman–Crippen LogP) is 0.163. The Morgan fingerprint density at radius 2 is 1.87 bits per heavy atom. The first-order chi connectivity index (χ1) is 11.0. The molecule has 1 rings (SSSR count). The van der Waals surface area contributed by atoms with Crippen LogP contribution in [0.1, 0.15) is 19.8 Å². The van der Waals surface area contributed by atoms with Crippen molar-refractivity contribution >= 4 is 11.7 Å². The van der Waals surface area contributed by atoms with Gasteiger partial charge in [0.05, 0.1) is 12.6 Å². The van der Waals surface area contributed by atoms with Crippen LogP contribution in [0.5, 0.6) is 0 Å². The van der Waals surface area contributed by atoms with Gasteiger partial charge in [-0.25, -0.2) is 0 Å². The Morgan fingerprint density at radius 1 is 1.22 bits per heavy atom. The predicted molar refractivity (Wildman–Crippen MR) is 86.4 cm³/mol. The number of unbranched alkanes of at least 4 members (excludes halogenated alkanes) is 1. The highest BCUT2D eigenvalue weighted by molar-refractivity contribution is 6.16. The van der Waals surface area contributed by atoms with Crippen LogP contribution in [0.3, 0.4) is 0 Å². The van der Waals surface area contributed by atoms with E-state index >= 15 is 0 Å². The van der Waals surface area contributed by atoms with Gasteiger partial charge in [-0.15, -0.1) is 0 Å². The van der Waals surface area contributed by atoms with E-state index in [0.717, 1.165) is 18.9 Å². The molecule has 0 spiro atoms. The van der Waals surface area contributed by atoms with Crippen LogP contribution < -0.4 is 5.32 Å². The molecule has 1 fully saturated rings. The summed E-state index contributed by atoms with van der Waals surface area (Å²) >= 11 is 0. The molecule has 1 aliphatic heterocycles. The van der Waals surface area contributed by atoms with E-state index in [4.69, 9.17) is 5.11 Å². The van der Waals surface area contributed by atoms with E-state index in [0.29, 0.717) is 0 Å². The van der Waals surface area contributed by atoms with Gasteiger partial charge in [0.1, 0.15) is 6.10 Å². The van der Waals surface area contributed by atoms with Crippen molar-refractivity contribution in [2.45, 2.75) is 37.5 Å². The van der Waals surface area contributed by atoms with Crippen LogP contribution in [0.2, 0.25) is 0 Å². The van der Waals surface area contributed by atoms with Crippen LogP contribution in [-0.4, -0.2) is 51.4 Å². The Kier molecular flexibility index (Phi) is 7.61. The van der Waals surface area contributed by atoms with Crippen LogP contribution in [0.4, 0.5) is 0 Å². The summed E-state index contributed by atoms with van der Waals surface area (Å²) in [6.45, 7) is 1.40. The molecule has 6 heteroatoms. The van der Waals surface area contributed by atoms with Crippen LogP contribution in [0, 0.1) is 0 Å². The molecule has 3 atom stereocenters. The summed E-state index contributed by atoms with van der Waals surface area (Å²) in [7, 11) is 0. The van der Waals surface area contributed by atoms with E-state index in [-0.39, 0.29) is 0 Å². The first-order valence-corrected chi connectivity index (χ1v) is 7.46. The molecule has 1 saturated heterocycles. The molecule has 0 aromatic heterocycles. The molecule has 23 heavy (non-hydrogen) atoms. The third-order valence-corrected chi connectivity index (χ3v) is 3.50. The molecule has 126 valence electrons. The number of rotatable bonds is 8. The summed E-state index contributed by atoms with van der Waals surface area (Å²) in [5.74, 6) is -1.94. The number of aliphatic hydroxyl groups excluding tert-OH is 2.